The lowest BCUT2D eigenvalue weighted by molar-refractivity contribution is -0.131. The number of carbonyl (C=O) groups is 4. The maximum atomic E-state index is 13.5. The molecule has 2 aliphatic heterocycles. The van der Waals surface area contributed by atoms with Crippen LogP contribution in [0.15, 0.2) is 73.3 Å². The molecule has 8 rings (SSSR count). The first-order valence-corrected chi connectivity index (χ1v) is 24.6. The zero-order valence-electron chi connectivity index (χ0n) is 39.4. The standard InChI is InChI=1S/C26H30Cl2FN5O2.C24H26Cl2FN5O2/c1-4-34-13-17(7-16-5-6-22(29)20(27)9-16)10-23(34)26(36)32-15(2)25(35)31-12-18-8-19-21(28)14-33(3)24(19)30-11-18;1-13(23(33)30-11-16-6-17-19(26)12-32(2)22(17)29-10-16)31-24(34)21-8-15(9-28-21)5-14-3-4-20(27)18(25)7-14/h5-6,8-9,11,14-15,17,23H,4,7,10,12-13H2,1-3H3,(H,31,35)(H,32,36);3-4,6-7,10,12-13,15,21,28H,5,8-9,11H2,1-2H3,(H,30,33)(H,31,34)/t15-,17-,23+;13-,15-,21+/m00/s1. The predicted molar refractivity (Wildman–Crippen MR) is 270 cm³/mol. The van der Waals surface area contributed by atoms with Crippen molar-refractivity contribution < 1.29 is 28.0 Å². The van der Waals surface area contributed by atoms with Crippen molar-refractivity contribution >= 4 is 92.1 Å². The molecule has 0 radical (unpaired) electrons. The fourth-order valence-electron chi connectivity index (χ4n) is 9.08. The molecule has 4 amide bonds. The molecule has 0 spiro atoms. The van der Waals surface area contributed by atoms with Crippen LogP contribution in [-0.2, 0) is 59.2 Å². The van der Waals surface area contributed by atoms with Crippen molar-refractivity contribution in [2.45, 2.75) is 83.7 Å². The summed E-state index contributed by atoms with van der Waals surface area (Å²) in [5.41, 5.74) is 5.05. The quantitative estimate of drug-likeness (QED) is 0.0708. The molecule has 2 aliphatic rings. The molecule has 6 aromatic rings. The molecule has 2 fully saturated rings. The Labute approximate surface area is 425 Å². The lowest BCUT2D eigenvalue weighted by Crippen LogP contribution is -2.50. The van der Waals surface area contributed by atoms with Crippen molar-refractivity contribution in [1.29, 1.82) is 0 Å². The molecule has 14 nitrogen and oxygen atoms in total. The number of hydrogen-bond donors (Lipinski definition) is 5. The second-order valence-corrected chi connectivity index (χ2v) is 19.8. The van der Waals surface area contributed by atoms with E-state index in [1.807, 2.05) is 42.3 Å². The number of rotatable bonds is 15. The van der Waals surface area contributed by atoms with Gasteiger partial charge in [0, 0.05) is 69.3 Å². The van der Waals surface area contributed by atoms with E-state index in [9.17, 15) is 28.0 Å². The smallest absolute Gasteiger partial charge is 0.242 e. The zero-order valence-corrected chi connectivity index (χ0v) is 42.4. The average molecular weight is 1040 g/mol. The Bertz CT molecular complexity index is 2900. The molecule has 6 atom stereocenters. The van der Waals surface area contributed by atoms with Crippen LogP contribution in [0, 0.1) is 23.5 Å². The molecule has 70 heavy (non-hydrogen) atoms. The molecule has 0 saturated carbocycles. The highest BCUT2D eigenvalue weighted by Crippen LogP contribution is 2.29. The topological polar surface area (TPSA) is 167 Å². The molecule has 2 aromatic carbocycles. The van der Waals surface area contributed by atoms with E-state index in [1.54, 1.807) is 62.9 Å². The van der Waals surface area contributed by atoms with Gasteiger partial charge in [0.1, 0.15) is 35.0 Å². The number of fused-ring (bicyclic) bond motifs is 2. The van der Waals surface area contributed by atoms with Crippen molar-refractivity contribution in [3.8, 4) is 0 Å². The summed E-state index contributed by atoms with van der Waals surface area (Å²) < 4.78 is 30.5. The van der Waals surface area contributed by atoms with Gasteiger partial charge in [0.15, 0.2) is 0 Å². The highest BCUT2D eigenvalue weighted by Gasteiger charge is 2.37. The minimum absolute atomic E-state index is 0.0974. The summed E-state index contributed by atoms with van der Waals surface area (Å²) in [6.45, 7) is 8.01. The van der Waals surface area contributed by atoms with Gasteiger partial charge in [-0.05, 0) is 123 Å². The summed E-state index contributed by atoms with van der Waals surface area (Å²) in [6.07, 6.45) is 9.66. The summed E-state index contributed by atoms with van der Waals surface area (Å²) in [4.78, 5) is 61.9. The van der Waals surface area contributed by atoms with Gasteiger partial charge in [-0.1, -0.05) is 65.5 Å². The van der Waals surface area contributed by atoms with Crippen LogP contribution in [0.2, 0.25) is 20.1 Å². The highest BCUT2D eigenvalue weighted by molar-refractivity contribution is 6.36. The number of hydrogen-bond acceptors (Lipinski definition) is 8. The number of likely N-dealkylation sites (tertiary alicyclic amines) is 1. The lowest BCUT2D eigenvalue weighted by Gasteiger charge is -2.23. The number of pyridine rings is 2. The Balaban J connectivity index is 0.000000207. The van der Waals surface area contributed by atoms with Crippen molar-refractivity contribution in [3.63, 3.8) is 0 Å². The molecule has 20 heteroatoms. The van der Waals surface area contributed by atoms with Gasteiger partial charge < -0.3 is 35.7 Å². The van der Waals surface area contributed by atoms with Crippen LogP contribution >= 0.6 is 46.4 Å². The molecule has 2 saturated heterocycles. The summed E-state index contributed by atoms with van der Waals surface area (Å²) in [7, 11) is 3.74. The van der Waals surface area contributed by atoms with E-state index in [4.69, 9.17) is 46.4 Å². The van der Waals surface area contributed by atoms with Crippen LogP contribution in [0.1, 0.15) is 55.9 Å². The first-order valence-electron chi connectivity index (χ1n) is 23.1. The Morgan fingerprint density at radius 3 is 1.66 bits per heavy atom. The Morgan fingerprint density at radius 1 is 0.686 bits per heavy atom. The maximum Gasteiger partial charge on any atom is 0.242 e. The van der Waals surface area contributed by atoms with Crippen molar-refractivity contribution in [3.05, 3.63) is 127 Å². The summed E-state index contributed by atoms with van der Waals surface area (Å²) in [6, 6.07) is 11.1. The average Bonchev–Trinajstić information content (AvgIpc) is 4.11. The van der Waals surface area contributed by atoms with Crippen LogP contribution in [0.4, 0.5) is 8.78 Å². The number of nitrogens with one attached hydrogen (secondary N) is 5. The number of carbonyl (C=O) groups excluding carboxylic acids is 4. The van der Waals surface area contributed by atoms with E-state index in [1.165, 1.54) is 12.1 Å². The zero-order chi connectivity index (χ0) is 50.4. The van der Waals surface area contributed by atoms with Gasteiger partial charge in [-0.2, -0.15) is 0 Å². The first kappa shape index (κ1) is 52.5. The molecule has 0 bridgehead atoms. The van der Waals surface area contributed by atoms with Crippen molar-refractivity contribution in [2.24, 2.45) is 25.9 Å². The normalized spacial score (nSPS) is 18.8. The number of aromatic nitrogens is 4. The van der Waals surface area contributed by atoms with Gasteiger partial charge in [-0.3, -0.25) is 24.1 Å². The van der Waals surface area contributed by atoms with Crippen LogP contribution < -0.4 is 26.6 Å². The summed E-state index contributed by atoms with van der Waals surface area (Å²) in [5.74, 6) is -1.39. The van der Waals surface area contributed by atoms with Gasteiger partial charge in [0.25, 0.3) is 0 Å². The molecule has 0 unspecified atom stereocenters. The van der Waals surface area contributed by atoms with Gasteiger partial charge in [0.05, 0.1) is 32.2 Å². The maximum absolute atomic E-state index is 13.5. The fraction of sp³-hybridized carbons (Fsp3) is 0.400. The second-order valence-electron chi connectivity index (χ2n) is 18.2. The molecule has 4 aromatic heterocycles. The van der Waals surface area contributed by atoms with Gasteiger partial charge in [-0.25, -0.2) is 18.7 Å². The molecular weight excluding hydrogens is 984 g/mol. The van der Waals surface area contributed by atoms with E-state index in [0.29, 0.717) is 42.3 Å². The molecule has 5 N–H and O–H groups in total. The highest BCUT2D eigenvalue weighted by atomic mass is 35.5. The SMILES string of the molecule is CCN1C[C@@H](Cc2ccc(F)c(Cl)c2)C[C@@H]1C(=O)N[C@@H](C)C(=O)NCc1cnc2c(c1)c(Cl)cn2C.C[C@H](NC(=O)[C@H]1C[C@H](Cc2ccc(F)c(Cl)c2)CN1)C(=O)NCc1cnc2c(c1)c(Cl)cn2C. The van der Waals surface area contributed by atoms with E-state index >= 15 is 0 Å². The van der Waals surface area contributed by atoms with E-state index < -0.39 is 23.7 Å². The Kier molecular flexibility index (Phi) is 17.4. The third-order valence-electron chi connectivity index (χ3n) is 12.8. The van der Waals surface area contributed by atoms with E-state index in [-0.39, 0.29) is 70.7 Å². The largest absolute Gasteiger partial charge is 0.350 e. The van der Waals surface area contributed by atoms with Crippen molar-refractivity contribution in [2.75, 3.05) is 19.6 Å². The number of benzene rings is 2. The number of halogens is 6. The summed E-state index contributed by atoms with van der Waals surface area (Å²) >= 11 is 24.3. The molecule has 372 valence electrons. The van der Waals surface area contributed by atoms with Crippen molar-refractivity contribution in [1.82, 2.24) is 50.6 Å². The Morgan fingerprint density at radius 2 is 1.17 bits per heavy atom. The third-order valence-corrected chi connectivity index (χ3v) is 14.0. The third kappa shape index (κ3) is 12.9. The lowest BCUT2D eigenvalue weighted by atomic mass is 9.96. The molecule has 6 heterocycles. The van der Waals surface area contributed by atoms with Crippen LogP contribution in [-0.4, -0.2) is 91.4 Å². The predicted octanol–water partition coefficient (Wildman–Crippen LogP) is 7.45. The second kappa shape index (κ2) is 23.2. The van der Waals surface area contributed by atoms with E-state index in [2.05, 4.69) is 41.5 Å². The van der Waals surface area contributed by atoms with Gasteiger partial charge >= 0.3 is 0 Å². The van der Waals surface area contributed by atoms with Crippen LogP contribution in [0.5, 0.6) is 0 Å². The molecular formula is C50H56Cl4F2N10O4. The minimum atomic E-state index is -0.693. The fourth-order valence-corrected chi connectivity index (χ4v) is 10.1. The number of nitrogens with zero attached hydrogens (tertiary/aromatic N) is 5. The Hall–Kier alpha value is -5.36. The monoisotopic (exact) mass is 1040 g/mol. The minimum Gasteiger partial charge on any atom is -0.350 e. The number of aryl methyl sites for hydroxylation is 2. The van der Waals surface area contributed by atoms with Gasteiger partial charge in [0.2, 0.25) is 23.6 Å². The van der Waals surface area contributed by atoms with E-state index in [0.717, 1.165) is 57.4 Å². The number of amides is 4. The number of likely N-dealkylation sites (N-methyl/N-ethyl adjacent to an activating group) is 1. The van der Waals surface area contributed by atoms with Gasteiger partial charge in [-0.15, -0.1) is 0 Å². The molecule has 0 aliphatic carbocycles. The van der Waals surface area contributed by atoms with Crippen LogP contribution in [0.25, 0.3) is 22.1 Å². The van der Waals surface area contributed by atoms with Crippen LogP contribution in [0.3, 0.4) is 0 Å². The first-order chi connectivity index (χ1) is 33.4. The summed E-state index contributed by atoms with van der Waals surface area (Å²) in [5, 5.41) is 17.6.